The van der Waals surface area contributed by atoms with Gasteiger partial charge in [-0.1, -0.05) is 0 Å². The van der Waals surface area contributed by atoms with Crippen LogP contribution in [0.1, 0.15) is 28.8 Å². The highest BCUT2D eigenvalue weighted by atomic mass is 35.5. The number of nitrogens with one attached hydrogen (secondary N) is 1. The first-order valence-electron chi connectivity index (χ1n) is 7.84. The van der Waals surface area contributed by atoms with E-state index in [-0.39, 0.29) is 42.5 Å². The van der Waals surface area contributed by atoms with Crippen molar-refractivity contribution in [3.05, 3.63) is 59.7 Å². The summed E-state index contributed by atoms with van der Waals surface area (Å²) in [6.07, 6.45) is 1.01. The third-order valence-corrected chi connectivity index (χ3v) is 3.43. The van der Waals surface area contributed by atoms with Crippen LogP contribution in [0, 0.1) is 0 Å². The molecule has 7 N–H and O–H groups in total. The third-order valence-electron chi connectivity index (χ3n) is 3.43. The molecule has 1 amide bonds. The average Bonchev–Trinajstić information content (AvgIpc) is 2.60. The maximum Gasteiger partial charge on any atom is 0.224 e. The van der Waals surface area contributed by atoms with Crippen LogP contribution in [0.2, 0.25) is 0 Å². The Balaban J connectivity index is 0.00000338. The van der Waals surface area contributed by atoms with Gasteiger partial charge in [0.1, 0.15) is 0 Å². The second kappa shape index (κ2) is 11.9. The van der Waals surface area contributed by atoms with E-state index in [0.717, 1.165) is 0 Å². The summed E-state index contributed by atoms with van der Waals surface area (Å²) in [7, 11) is 0. The Bertz CT molecular complexity index is 773. The molecule has 0 unspecified atom stereocenters. The number of hydrogen-bond acceptors (Lipinski definition) is 4. The average molecular weight is 412 g/mol. The van der Waals surface area contributed by atoms with Crippen molar-refractivity contribution in [2.45, 2.75) is 12.8 Å². The van der Waals surface area contributed by atoms with Gasteiger partial charge in [0.05, 0.1) is 5.69 Å². The van der Waals surface area contributed by atoms with Gasteiger partial charge in [0, 0.05) is 23.2 Å². The predicted molar refractivity (Wildman–Crippen MR) is 113 cm³/mol. The van der Waals surface area contributed by atoms with Crippen molar-refractivity contribution < 1.29 is 9.59 Å². The number of anilines is 1. The minimum Gasteiger partial charge on any atom is -0.370 e. The molecule has 0 saturated heterocycles. The summed E-state index contributed by atoms with van der Waals surface area (Å²) in [5.74, 6) is -0.264. The van der Waals surface area contributed by atoms with Crippen molar-refractivity contribution >= 4 is 53.8 Å². The van der Waals surface area contributed by atoms with Crippen LogP contribution >= 0.6 is 24.8 Å². The molecule has 0 aromatic heterocycles. The van der Waals surface area contributed by atoms with E-state index in [2.05, 4.69) is 10.3 Å². The molecule has 0 saturated carbocycles. The van der Waals surface area contributed by atoms with E-state index in [4.69, 9.17) is 17.2 Å². The maximum absolute atomic E-state index is 12.5. The number of nitrogens with zero attached hydrogens (tertiary/aromatic N) is 1. The van der Waals surface area contributed by atoms with Crippen molar-refractivity contribution in [2.24, 2.45) is 22.2 Å². The van der Waals surface area contributed by atoms with Gasteiger partial charge >= 0.3 is 0 Å². The molecule has 0 atom stereocenters. The number of nitrogens with two attached hydrogens (primary N) is 3. The van der Waals surface area contributed by atoms with Crippen molar-refractivity contribution in [3.8, 4) is 0 Å². The van der Waals surface area contributed by atoms with Crippen LogP contribution in [-0.4, -0.2) is 24.2 Å². The fourth-order valence-corrected chi connectivity index (χ4v) is 2.19. The largest absolute Gasteiger partial charge is 0.370 e. The first-order chi connectivity index (χ1) is 12.0. The Morgan fingerprint density at radius 1 is 0.889 bits per heavy atom. The molecule has 7 nitrogen and oxygen atoms in total. The zero-order chi connectivity index (χ0) is 18.2. The second-order valence-electron chi connectivity index (χ2n) is 5.43. The van der Waals surface area contributed by atoms with Gasteiger partial charge in [0.15, 0.2) is 11.7 Å². The summed E-state index contributed by atoms with van der Waals surface area (Å²) in [5.41, 5.74) is 18.3. The SMILES string of the molecule is Cl.Cl.NCCCC(=O)Nc1ccc(C(=O)c2ccc(N=C(N)N)cc2)cc1. The van der Waals surface area contributed by atoms with Gasteiger partial charge in [-0.05, 0) is 61.5 Å². The summed E-state index contributed by atoms with van der Waals surface area (Å²) >= 11 is 0. The van der Waals surface area contributed by atoms with E-state index in [1.165, 1.54) is 0 Å². The van der Waals surface area contributed by atoms with Crippen LogP contribution in [0.5, 0.6) is 0 Å². The maximum atomic E-state index is 12.5. The van der Waals surface area contributed by atoms with Crippen molar-refractivity contribution in [3.63, 3.8) is 0 Å². The van der Waals surface area contributed by atoms with E-state index >= 15 is 0 Å². The van der Waals surface area contributed by atoms with Crippen LogP contribution in [0.25, 0.3) is 0 Å². The molecular weight excluding hydrogens is 389 g/mol. The molecule has 0 aliphatic carbocycles. The van der Waals surface area contributed by atoms with Gasteiger partial charge in [-0.25, -0.2) is 4.99 Å². The number of carbonyl (C=O) groups is 2. The number of hydrogen-bond donors (Lipinski definition) is 4. The highest BCUT2D eigenvalue weighted by Gasteiger charge is 2.09. The number of benzene rings is 2. The minimum absolute atomic E-state index is 0. The van der Waals surface area contributed by atoms with Gasteiger partial charge in [-0.3, -0.25) is 9.59 Å². The number of halogens is 2. The quantitative estimate of drug-likeness (QED) is 0.314. The zero-order valence-corrected chi connectivity index (χ0v) is 16.2. The second-order valence-corrected chi connectivity index (χ2v) is 5.43. The Morgan fingerprint density at radius 2 is 1.41 bits per heavy atom. The zero-order valence-electron chi connectivity index (χ0n) is 14.6. The Labute approximate surface area is 170 Å². The normalized spacial score (nSPS) is 9.37. The predicted octanol–water partition coefficient (Wildman–Crippen LogP) is 2.34. The number of carbonyl (C=O) groups excluding carboxylic acids is 2. The van der Waals surface area contributed by atoms with Crippen LogP contribution < -0.4 is 22.5 Å². The first kappa shape index (κ1) is 24.4. The van der Waals surface area contributed by atoms with Gasteiger partial charge < -0.3 is 22.5 Å². The summed E-state index contributed by atoms with van der Waals surface area (Å²) in [6, 6.07) is 13.4. The van der Waals surface area contributed by atoms with E-state index in [1.54, 1.807) is 48.5 Å². The number of ketones is 1. The lowest BCUT2D eigenvalue weighted by Crippen LogP contribution is -2.21. The summed E-state index contributed by atoms with van der Waals surface area (Å²) < 4.78 is 0. The van der Waals surface area contributed by atoms with Crippen molar-refractivity contribution in [1.82, 2.24) is 0 Å². The molecule has 0 aliphatic heterocycles. The highest BCUT2D eigenvalue weighted by Crippen LogP contribution is 2.17. The number of amides is 1. The summed E-state index contributed by atoms with van der Waals surface area (Å²) in [5, 5.41) is 2.76. The van der Waals surface area contributed by atoms with Gasteiger partial charge in [-0.15, -0.1) is 24.8 Å². The van der Waals surface area contributed by atoms with E-state index in [0.29, 0.717) is 41.9 Å². The first-order valence-corrected chi connectivity index (χ1v) is 7.84. The summed E-state index contributed by atoms with van der Waals surface area (Å²) in [4.78, 5) is 28.0. The third kappa shape index (κ3) is 7.65. The summed E-state index contributed by atoms with van der Waals surface area (Å²) in [6.45, 7) is 0.475. The molecule has 27 heavy (non-hydrogen) atoms. The van der Waals surface area contributed by atoms with Crippen LogP contribution in [0.15, 0.2) is 53.5 Å². The monoisotopic (exact) mass is 411 g/mol. The Morgan fingerprint density at radius 3 is 1.89 bits per heavy atom. The van der Waals surface area contributed by atoms with Crippen LogP contribution in [0.3, 0.4) is 0 Å². The molecule has 0 heterocycles. The molecule has 2 aromatic rings. The standard InChI is InChI=1S/C18H21N5O2.2ClH/c19-11-1-2-16(24)22-14-7-3-12(4-8-14)17(25)13-5-9-15(10-6-13)23-18(20)21;;/h3-10H,1-2,11,19H2,(H,22,24)(H4,20,21,23);2*1H. The lowest BCUT2D eigenvalue weighted by Gasteiger charge is -2.06. The number of rotatable bonds is 7. The fraction of sp³-hybridized carbons (Fsp3) is 0.167. The van der Waals surface area contributed by atoms with E-state index < -0.39 is 0 Å². The molecule has 0 fully saturated rings. The van der Waals surface area contributed by atoms with Crippen molar-refractivity contribution in [1.29, 1.82) is 0 Å². The van der Waals surface area contributed by atoms with E-state index in [9.17, 15) is 9.59 Å². The van der Waals surface area contributed by atoms with Crippen LogP contribution in [-0.2, 0) is 4.79 Å². The van der Waals surface area contributed by atoms with Crippen molar-refractivity contribution in [2.75, 3.05) is 11.9 Å². The van der Waals surface area contributed by atoms with Crippen LogP contribution in [0.4, 0.5) is 11.4 Å². The molecule has 0 bridgehead atoms. The molecule has 0 aliphatic rings. The topological polar surface area (TPSA) is 137 Å². The molecule has 9 heteroatoms. The number of aliphatic imine (C=N–C) groups is 1. The van der Waals surface area contributed by atoms with Gasteiger partial charge in [0.2, 0.25) is 5.91 Å². The lowest BCUT2D eigenvalue weighted by molar-refractivity contribution is -0.116. The number of guanidine groups is 1. The molecule has 0 radical (unpaired) electrons. The molecule has 2 rings (SSSR count). The van der Waals surface area contributed by atoms with Gasteiger partial charge in [0.25, 0.3) is 0 Å². The minimum atomic E-state index is -0.128. The smallest absolute Gasteiger partial charge is 0.224 e. The highest BCUT2D eigenvalue weighted by molar-refractivity contribution is 6.09. The van der Waals surface area contributed by atoms with Gasteiger partial charge in [-0.2, -0.15) is 0 Å². The Hall–Kier alpha value is -2.61. The fourth-order valence-electron chi connectivity index (χ4n) is 2.19. The molecule has 2 aromatic carbocycles. The Kier molecular flexibility index (Phi) is 10.7. The molecular formula is C18H23Cl2N5O2. The lowest BCUT2D eigenvalue weighted by atomic mass is 10.0. The van der Waals surface area contributed by atoms with E-state index in [1.807, 2.05) is 0 Å². The molecule has 0 spiro atoms. The molecule has 146 valence electrons.